The lowest BCUT2D eigenvalue weighted by molar-refractivity contribution is 0.0913. The number of aryl methyl sites for hydroxylation is 1. The van der Waals surface area contributed by atoms with Crippen molar-refractivity contribution in [3.63, 3.8) is 0 Å². The highest BCUT2D eigenvalue weighted by atomic mass is 79.9. The van der Waals surface area contributed by atoms with Gasteiger partial charge in [-0.2, -0.15) is 0 Å². The molecule has 1 aliphatic rings. The Hall–Kier alpha value is -0.640. The number of thiophene rings is 1. The highest BCUT2D eigenvalue weighted by Crippen LogP contribution is 2.35. The van der Waals surface area contributed by atoms with E-state index in [4.69, 9.17) is 11.6 Å². The summed E-state index contributed by atoms with van der Waals surface area (Å²) in [6.07, 6.45) is 2.78. The van der Waals surface area contributed by atoms with E-state index in [1.54, 1.807) is 0 Å². The maximum Gasteiger partial charge on any atom is 0.176 e. The molecular formula is C15H12BrClOS. The van der Waals surface area contributed by atoms with Crippen LogP contribution >= 0.6 is 38.9 Å². The lowest BCUT2D eigenvalue weighted by Gasteiger charge is -2.23. The van der Waals surface area contributed by atoms with E-state index in [1.807, 2.05) is 12.1 Å². The molecule has 98 valence electrons. The second kappa shape index (κ2) is 5.39. The van der Waals surface area contributed by atoms with Gasteiger partial charge in [0.15, 0.2) is 5.78 Å². The van der Waals surface area contributed by atoms with Gasteiger partial charge < -0.3 is 0 Å². The number of Topliss-reactive ketones (excluding diaryl/α,β-unsaturated/α-hetero) is 1. The normalized spacial score (nSPS) is 18.1. The Morgan fingerprint density at radius 2 is 2.05 bits per heavy atom. The van der Waals surface area contributed by atoms with E-state index in [0.717, 1.165) is 28.6 Å². The summed E-state index contributed by atoms with van der Waals surface area (Å²) in [5.74, 6) is 0.323. The Morgan fingerprint density at radius 3 is 2.74 bits per heavy atom. The molecule has 0 bridgehead atoms. The molecule has 0 N–H and O–H groups in total. The maximum atomic E-state index is 12.5. The van der Waals surface area contributed by atoms with Gasteiger partial charge in [0.1, 0.15) is 4.34 Å². The standard InChI is InChI=1S/C15H12BrClOS/c16-12-8-13(19-15(12)17)14(18)11-6-5-9-3-1-2-4-10(9)7-11/h1-4,8,11H,5-7H2. The van der Waals surface area contributed by atoms with Gasteiger partial charge in [0.05, 0.1) is 4.88 Å². The van der Waals surface area contributed by atoms with Crippen LogP contribution in [0.5, 0.6) is 0 Å². The number of rotatable bonds is 2. The van der Waals surface area contributed by atoms with Gasteiger partial charge in [-0.3, -0.25) is 4.79 Å². The minimum Gasteiger partial charge on any atom is -0.293 e. The fourth-order valence-electron chi connectivity index (χ4n) is 2.59. The number of carbonyl (C=O) groups is 1. The van der Waals surface area contributed by atoms with E-state index in [1.165, 1.54) is 22.5 Å². The topological polar surface area (TPSA) is 17.1 Å². The fourth-order valence-corrected chi connectivity index (χ4v) is 4.31. The van der Waals surface area contributed by atoms with Crippen molar-refractivity contribution in [2.45, 2.75) is 19.3 Å². The average Bonchev–Trinajstić information content (AvgIpc) is 2.77. The molecule has 0 saturated heterocycles. The Balaban J connectivity index is 1.83. The molecule has 1 heterocycles. The predicted octanol–water partition coefficient (Wildman–Crippen LogP) is 5.15. The summed E-state index contributed by atoms with van der Waals surface area (Å²) in [6.45, 7) is 0. The van der Waals surface area contributed by atoms with Crippen LogP contribution in [0.15, 0.2) is 34.8 Å². The zero-order chi connectivity index (χ0) is 13.4. The van der Waals surface area contributed by atoms with E-state index in [0.29, 0.717) is 4.34 Å². The monoisotopic (exact) mass is 354 g/mol. The third kappa shape index (κ3) is 2.64. The van der Waals surface area contributed by atoms with Crippen LogP contribution in [0.3, 0.4) is 0 Å². The zero-order valence-corrected chi connectivity index (χ0v) is 13.3. The molecule has 1 aromatic heterocycles. The fraction of sp³-hybridized carbons (Fsp3) is 0.267. The first-order valence-corrected chi connectivity index (χ1v) is 8.19. The highest BCUT2D eigenvalue weighted by Gasteiger charge is 2.26. The van der Waals surface area contributed by atoms with Crippen molar-refractivity contribution in [2.24, 2.45) is 5.92 Å². The first kappa shape index (κ1) is 13.3. The molecule has 1 atom stereocenters. The minimum atomic E-state index is 0.0940. The molecule has 0 fully saturated rings. The molecule has 2 aromatic rings. The van der Waals surface area contributed by atoms with Gasteiger partial charge in [-0.25, -0.2) is 0 Å². The van der Waals surface area contributed by atoms with E-state index < -0.39 is 0 Å². The summed E-state index contributed by atoms with van der Waals surface area (Å²) in [7, 11) is 0. The maximum absolute atomic E-state index is 12.5. The van der Waals surface area contributed by atoms with Crippen molar-refractivity contribution in [3.05, 3.63) is 55.1 Å². The van der Waals surface area contributed by atoms with Gasteiger partial charge >= 0.3 is 0 Å². The molecule has 0 aliphatic heterocycles. The number of halogens is 2. The van der Waals surface area contributed by atoms with Crippen LogP contribution in [0.2, 0.25) is 4.34 Å². The number of hydrogen-bond acceptors (Lipinski definition) is 2. The summed E-state index contributed by atoms with van der Waals surface area (Å²) in [5.41, 5.74) is 2.70. The quantitative estimate of drug-likeness (QED) is 0.681. The van der Waals surface area contributed by atoms with Gasteiger partial charge in [0.2, 0.25) is 0 Å². The van der Waals surface area contributed by atoms with Gasteiger partial charge in [0, 0.05) is 10.4 Å². The van der Waals surface area contributed by atoms with Gasteiger partial charge in [-0.05, 0) is 52.4 Å². The van der Waals surface area contributed by atoms with Gasteiger partial charge in [-0.15, -0.1) is 11.3 Å². The zero-order valence-electron chi connectivity index (χ0n) is 10.2. The molecule has 3 rings (SSSR count). The molecule has 0 saturated carbocycles. The number of benzene rings is 1. The molecule has 4 heteroatoms. The van der Waals surface area contributed by atoms with Crippen LogP contribution < -0.4 is 0 Å². The van der Waals surface area contributed by atoms with E-state index in [9.17, 15) is 4.79 Å². The SMILES string of the molecule is O=C(c1cc(Br)c(Cl)s1)C1CCc2ccccc2C1. The van der Waals surface area contributed by atoms with Gasteiger partial charge in [-0.1, -0.05) is 35.9 Å². The minimum absolute atomic E-state index is 0.0940. The number of ketones is 1. The van der Waals surface area contributed by atoms with E-state index in [2.05, 4.69) is 34.1 Å². The Morgan fingerprint density at radius 1 is 1.32 bits per heavy atom. The van der Waals surface area contributed by atoms with Crippen molar-refractivity contribution in [3.8, 4) is 0 Å². The van der Waals surface area contributed by atoms with Crippen molar-refractivity contribution in [1.29, 1.82) is 0 Å². The molecule has 0 radical (unpaired) electrons. The molecule has 1 nitrogen and oxygen atoms in total. The van der Waals surface area contributed by atoms with Crippen molar-refractivity contribution >= 4 is 44.7 Å². The lowest BCUT2D eigenvalue weighted by Crippen LogP contribution is -2.22. The van der Waals surface area contributed by atoms with Crippen LogP contribution in [0.25, 0.3) is 0 Å². The van der Waals surface area contributed by atoms with Crippen LogP contribution in [0.1, 0.15) is 27.2 Å². The highest BCUT2D eigenvalue weighted by molar-refractivity contribution is 9.10. The van der Waals surface area contributed by atoms with Crippen molar-refractivity contribution < 1.29 is 4.79 Å². The van der Waals surface area contributed by atoms with Crippen LogP contribution in [-0.2, 0) is 12.8 Å². The van der Waals surface area contributed by atoms with Crippen LogP contribution in [-0.4, -0.2) is 5.78 Å². The second-order valence-electron chi connectivity index (χ2n) is 4.80. The number of hydrogen-bond donors (Lipinski definition) is 0. The predicted molar refractivity (Wildman–Crippen MR) is 83.3 cm³/mol. The van der Waals surface area contributed by atoms with E-state index >= 15 is 0 Å². The molecule has 1 aromatic carbocycles. The van der Waals surface area contributed by atoms with Crippen molar-refractivity contribution in [2.75, 3.05) is 0 Å². The van der Waals surface area contributed by atoms with Crippen LogP contribution in [0, 0.1) is 5.92 Å². The largest absolute Gasteiger partial charge is 0.293 e. The molecule has 1 unspecified atom stereocenters. The summed E-state index contributed by atoms with van der Waals surface area (Å²) in [5, 5.41) is 0. The molecular weight excluding hydrogens is 344 g/mol. The summed E-state index contributed by atoms with van der Waals surface area (Å²) >= 11 is 10.7. The number of fused-ring (bicyclic) bond motifs is 1. The Labute approximate surface area is 129 Å². The smallest absolute Gasteiger partial charge is 0.176 e. The first-order valence-electron chi connectivity index (χ1n) is 6.21. The summed E-state index contributed by atoms with van der Waals surface area (Å²) < 4.78 is 1.47. The summed E-state index contributed by atoms with van der Waals surface area (Å²) in [6, 6.07) is 10.2. The van der Waals surface area contributed by atoms with Crippen LogP contribution in [0.4, 0.5) is 0 Å². The molecule has 1 aliphatic carbocycles. The Kier molecular flexibility index (Phi) is 3.79. The van der Waals surface area contributed by atoms with E-state index in [-0.39, 0.29) is 11.7 Å². The third-order valence-electron chi connectivity index (χ3n) is 3.61. The molecule has 0 spiro atoms. The third-order valence-corrected chi connectivity index (χ3v) is 6.09. The molecule has 19 heavy (non-hydrogen) atoms. The average molecular weight is 356 g/mol. The molecule has 0 amide bonds. The second-order valence-corrected chi connectivity index (χ2v) is 7.31. The van der Waals surface area contributed by atoms with Gasteiger partial charge in [0.25, 0.3) is 0 Å². The first-order chi connectivity index (χ1) is 9.15. The lowest BCUT2D eigenvalue weighted by atomic mass is 9.81. The Bertz CT molecular complexity index is 615. The summed E-state index contributed by atoms with van der Waals surface area (Å²) in [4.78, 5) is 13.3. The number of carbonyl (C=O) groups excluding carboxylic acids is 1. The van der Waals surface area contributed by atoms with Crippen molar-refractivity contribution in [1.82, 2.24) is 0 Å².